The number of nitrogens with two attached hydrogens (primary N) is 1. The van der Waals surface area contributed by atoms with Gasteiger partial charge in [0, 0.05) is 11.6 Å². The van der Waals surface area contributed by atoms with Crippen LogP contribution in [0.1, 0.15) is 49.3 Å². The summed E-state index contributed by atoms with van der Waals surface area (Å²) in [5, 5.41) is 0. The highest BCUT2D eigenvalue weighted by atomic mass is 16.5. The van der Waals surface area contributed by atoms with Gasteiger partial charge in [0.15, 0.2) is 0 Å². The smallest absolute Gasteiger partial charge is 0.123 e. The van der Waals surface area contributed by atoms with Gasteiger partial charge >= 0.3 is 0 Å². The van der Waals surface area contributed by atoms with Crippen LogP contribution in [-0.2, 0) is 0 Å². The van der Waals surface area contributed by atoms with Crippen LogP contribution in [0.2, 0.25) is 0 Å². The van der Waals surface area contributed by atoms with Crippen LogP contribution in [0.25, 0.3) is 0 Å². The molecule has 2 nitrogen and oxygen atoms in total. The van der Waals surface area contributed by atoms with Crippen molar-refractivity contribution in [1.82, 2.24) is 0 Å². The zero-order valence-corrected chi connectivity index (χ0v) is 12.1. The van der Waals surface area contributed by atoms with Gasteiger partial charge in [-0.15, -0.1) is 0 Å². The molecule has 0 amide bonds. The highest BCUT2D eigenvalue weighted by Crippen LogP contribution is 2.51. The molecule has 0 spiro atoms. The van der Waals surface area contributed by atoms with E-state index in [9.17, 15) is 0 Å². The molecule has 0 saturated heterocycles. The topological polar surface area (TPSA) is 35.2 Å². The molecular formula is C17H25NO. The Balaban J connectivity index is 1.71. The summed E-state index contributed by atoms with van der Waals surface area (Å²) in [7, 11) is 1.74. The highest BCUT2D eigenvalue weighted by molar-refractivity contribution is 5.39. The third kappa shape index (κ3) is 2.51. The van der Waals surface area contributed by atoms with Crippen molar-refractivity contribution in [3.05, 3.63) is 29.3 Å². The van der Waals surface area contributed by atoms with Crippen LogP contribution in [0.5, 0.6) is 5.75 Å². The van der Waals surface area contributed by atoms with Gasteiger partial charge in [-0.25, -0.2) is 0 Å². The second-order valence-electron chi connectivity index (χ2n) is 6.52. The Hall–Kier alpha value is -1.02. The van der Waals surface area contributed by atoms with E-state index >= 15 is 0 Å². The van der Waals surface area contributed by atoms with Crippen LogP contribution in [-0.4, -0.2) is 7.11 Å². The molecule has 19 heavy (non-hydrogen) atoms. The van der Waals surface area contributed by atoms with Crippen molar-refractivity contribution in [1.29, 1.82) is 0 Å². The first kappa shape index (κ1) is 13.0. The number of methoxy groups -OCH3 is 1. The lowest BCUT2D eigenvalue weighted by Gasteiger charge is -2.25. The molecule has 2 aliphatic rings. The maximum Gasteiger partial charge on any atom is 0.123 e. The van der Waals surface area contributed by atoms with Gasteiger partial charge in [0.1, 0.15) is 5.75 Å². The first-order chi connectivity index (χ1) is 9.17. The number of hydrogen-bond donors (Lipinski definition) is 1. The van der Waals surface area contributed by atoms with Crippen LogP contribution in [0.4, 0.5) is 0 Å². The zero-order chi connectivity index (χ0) is 13.4. The Kier molecular flexibility index (Phi) is 3.53. The highest BCUT2D eigenvalue weighted by Gasteiger charge is 2.40. The number of hydrogen-bond acceptors (Lipinski definition) is 2. The molecular weight excluding hydrogens is 234 g/mol. The van der Waals surface area contributed by atoms with Crippen molar-refractivity contribution in [2.45, 2.75) is 45.1 Å². The number of aryl methyl sites for hydroxylation is 1. The minimum atomic E-state index is 0.125. The lowest BCUT2D eigenvalue weighted by atomic mass is 9.83. The fraction of sp³-hybridized carbons (Fsp3) is 0.647. The third-order valence-corrected chi connectivity index (χ3v) is 5.23. The molecule has 2 heteroatoms. The molecule has 104 valence electrons. The summed E-state index contributed by atoms with van der Waals surface area (Å²) in [6, 6.07) is 6.50. The van der Waals surface area contributed by atoms with E-state index in [2.05, 4.69) is 25.1 Å². The molecule has 2 N–H and O–H groups in total. The summed E-state index contributed by atoms with van der Waals surface area (Å²) in [5.74, 6) is 3.75. The number of fused-ring (bicyclic) bond motifs is 2. The van der Waals surface area contributed by atoms with E-state index in [4.69, 9.17) is 10.5 Å². The predicted molar refractivity (Wildman–Crippen MR) is 78.2 cm³/mol. The second kappa shape index (κ2) is 5.16. The fourth-order valence-corrected chi connectivity index (χ4v) is 4.24. The van der Waals surface area contributed by atoms with E-state index in [1.54, 1.807) is 7.11 Å². The van der Waals surface area contributed by atoms with Crippen LogP contribution >= 0.6 is 0 Å². The average molecular weight is 259 g/mol. The van der Waals surface area contributed by atoms with E-state index in [0.717, 1.165) is 29.9 Å². The Morgan fingerprint density at radius 2 is 2.16 bits per heavy atom. The minimum Gasteiger partial charge on any atom is -0.496 e. The molecule has 2 fully saturated rings. The van der Waals surface area contributed by atoms with Gasteiger partial charge in [0.05, 0.1) is 7.11 Å². The zero-order valence-electron chi connectivity index (χ0n) is 12.1. The van der Waals surface area contributed by atoms with Gasteiger partial charge in [0.2, 0.25) is 0 Å². The maximum atomic E-state index is 6.45. The van der Waals surface area contributed by atoms with Gasteiger partial charge in [-0.2, -0.15) is 0 Å². The molecule has 1 aromatic rings. The van der Waals surface area contributed by atoms with Gasteiger partial charge in [-0.05, 0) is 62.0 Å². The fourth-order valence-electron chi connectivity index (χ4n) is 4.24. The number of benzene rings is 1. The van der Waals surface area contributed by atoms with Crippen LogP contribution in [0.15, 0.2) is 18.2 Å². The third-order valence-electron chi connectivity index (χ3n) is 5.23. The Morgan fingerprint density at radius 3 is 2.79 bits per heavy atom. The van der Waals surface area contributed by atoms with Crippen molar-refractivity contribution >= 4 is 0 Å². The van der Waals surface area contributed by atoms with E-state index in [0.29, 0.717) is 0 Å². The first-order valence-corrected chi connectivity index (χ1v) is 7.57. The molecule has 2 saturated carbocycles. The van der Waals surface area contributed by atoms with Gasteiger partial charge in [-0.3, -0.25) is 0 Å². The van der Waals surface area contributed by atoms with E-state index < -0.39 is 0 Å². The maximum absolute atomic E-state index is 6.45. The second-order valence-corrected chi connectivity index (χ2v) is 6.52. The average Bonchev–Trinajstić information content (AvgIpc) is 3.00. The van der Waals surface area contributed by atoms with Crippen molar-refractivity contribution in [3.8, 4) is 5.75 Å². The number of rotatable bonds is 4. The molecule has 0 heterocycles. The monoisotopic (exact) mass is 259 g/mol. The lowest BCUT2D eigenvalue weighted by Crippen LogP contribution is -2.20. The normalized spacial score (nSPS) is 30.6. The van der Waals surface area contributed by atoms with E-state index in [1.807, 2.05) is 0 Å². The standard InChI is InChI=1S/C17H25NO/c1-11-3-6-15(17(7-11)19-2)16(18)10-14-9-12-4-5-13(14)8-12/h3,6-7,12-14,16H,4-5,8-10,18H2,1-2H3. The van der Waals surface area contributed by atoms with E-state index in [1.165, 1.54) is 36.8 Å². The summed E-state index contributed by atoms with van der Waals surface area (Å²) >= 11 is 0. The van der Waals surface area contributed by atoms with Crippen LogP contribution in [0, 0.1) is 24.7 Å². The molecule has 4 atom stereocenters. The van der Waals surface area contributed by atoms with Crippen molar-refractivity contribution in [3.63, 3.8) is 0 Å². The summed E-state index contributed by atoms with van der Waals surface area (Å²) in [5.41, 5.74) is 8.86. The predicted octanol–water partition coefficient (Wildman–Crippen LogP) is 3.83. The molecule has 2 aliphatic carbocycles. The Labute approximate surface area is 116 Å². The lowest BCUT2D eigenvalue weighted by molar-refractivity contribution is 0.293. The molecule has 1 aromatic carbocycles. The van der Waals surface area contributed by atoms with Gasteiger partial charge in [0.25, 0.3) is 0 Å². The summed E-state index contributed by atoms with van der Waals surface area (Å²) < 4.78 is 5.49. The van der Waals surface area contributed by atoms with Crippen molar-refractivity contribution in [2.24, 2.45) is 23.5 Å². The minimum absolute atomic E-state index is 0.125. The summed E-state index contributed by atoms with van der Waals surface area (Å²) in [6.45, 7) is 2.09. The van der Waals surface area contributed by atoms with Crippen molar-refractivity contribution < 1.29 is 4.74 Å². The first-order valence-electron chi connectivity index (χ1n) is 7.57. The molecule has 0 aliphatic heterocycles. The van der Waals surface area contributed by atoms with Crippen LogP contribution < -0.4 is 10.5 Å². The quantitative estimate of drug-likeness (QED) is 0.892. The van der Waals surface area contributed by atoms with Crippen LogP contribution in [0.3, 0.4) is 0 Å². The SMILES string of the molecule is COc1cc(C)ccc1C(N)CC1CC2CCC1C2. The Bertz CT molecular complexity index is 457. The molecule has 0 radical (unpaired) electrons. The van der Waals surface area contributed by atoms with E-state index in [-0.39, 0.29) is 6.04 Å². The molecule has 4 unspecified atom stereocenters. The number of ether oxygens (including phenoxy) is 1. The molecule has 0 aromatic heterocycles. The van der Waals surface area contributed by atoms with Gasteiger partial charge in [-0.1, -0.05) is 18.6 Å². The summed E-state index contributed by atoms with van der Waals surface area (Å²) in [4.78, 5) is 0. The van der Waals surface area contributed by atoms with Gasteiger partial charge < -0.3 is 10.5 Å². The Morgan fingerprint density at radius 1 is 1.32 bits per heavy atom. The largest absolute Gasteiger partial charge is 0.496 e. The molecule has 3 rings (SSSR count). The summed E-state index contributed by atoms with van der Waals surface area (Å²) in [6.07, 6.45) is 6.90. The van der Waals surface area contributed by atoms with Crippen molar-refractivity contribution in [2.75, 3.05) is 7.11 Å². The molecule has 2 bridgehead atoms.